The first kappa shape index (κ1) is 17.7. The average molecular weight is 352 g/mol. The molecule has 3 heterocycles. The number of aromatic nitrogens is 5. The van der Waals surface area contributed by atoms with E-state index in [4.69, 9.17) is 0 Å². The van der Waals surface area contributed by atoms with Crippen LogP contribution < -0.4 is 10.9 Å². The standard InChI is InChI=1S/C18H20N6O2/c1-4-13-17-12(5-6-14(21-17)11(2)3)18(26)24(23-13)9-16(25)22-15-7-8-19-10-20-15/h5-8,10-11H,4,9H2,1-3H3,(H,19,20,22,25). The molecule has 3 rings (SSSR count). The van der Waals surface area contributed by atoms with Crippen LogP contribution in [0.2, 0.25) is 0 Å². The lowest BCUT2D eigenvalue weighted by Crippen LogP contribution is -2.31. The van der Waals surface area contributed by atoms with Gasteiger partial charge in [-0.3, -0.25) is 14.6 Å². The average Bonchev–Trinajstić information content (AvgIpc) is 2.64. The zero-order valence-electron chi connectivity index (χ0n) is 14.9. The Morgan fingerprint density at radius 2 is 2.08 bits per heavy atom. The summed E-state index contributed by atoms with van der Waals surface area (Å²) in [6, 6.07) is 5.18. The van der Waals surface area contributed by atoms with Crippen molar-refractivity contribution >= 4 is 22.6 Å². The second-order valence-corrected chi connectivity index (χ2v) is 6.19. The molecule has 0 aliphatic heterocycles. The van der Waals surface area contributed by atoms with Crippen LogP contribution in [-0.2, 0) is 17.8 Å². The zero-order chi connectivity index (χ0) is 18.7. The third-order valence-corrected chi connectivity index (χ3v) is 3.97. The molecule has 8 heteroatoms. The van der Waals surface area contributed by atoms with E-state index in [1.54, 1.807) is 12.1 Å². The van der Waals surface area contributed by atoms with Crippen molar-refractivity contribution in [3.63, 3.8) is 0 Å². The van der Waals surface area contributed by atoms with Gasteiger partial charge in [-0.2, -0.15) is 5.10 Å². The molecule has 0 aliphatic carbocycles. The monoisotopic (exact) mass is 352 g/mol. The Kier molecular flexibility index (Phi) is 5.01. The molecule has 0 bridgehead atoms. The van der Waals surface area contributed by atoms with E-state index in [1.807, 2.05) is 26.8 Å². The van der Waals surface area contributed by atoms with Gasteiger partial charge in [0.25, 0.3) is 5.56 Å². The first-order chi connectivity index (χ1) is 12.5. The van der Waals surface area contributed by atoms with Gasteiger partial charge < -0.3 is 5.32 Å². The van der Waals surface area contributed by atoms with Gasteiger partial charge in [-0.15, -0.1) is 0 Å². The van der Waals surface area contributed by atoms with Gasteiger partial charge in [-0.05, 0) is 30.5 Å². The van der Waals surface area contributed by atoms with E-state index >= 15 is 0 Å². The van der Waals surface area contributed by atoms with E-state index in [0.29, 0.717) is 28.8 Å². The number of fused-ring (bicyclic) bond motifs is 1. The smallest absolute Gasteiger partial charge is 0.276 e. The van der Waals surface area contributed by atoms with Gasteiger partial charge >= 0.3 is 0 Å². The topological polar surface area (TPSA) is 103 Å². The van der Waals surface area contributed by atoms with Crippen LogP contribution in [0.25, 0.3) is 10.9 Å². The predicted molar refractivity (Wildman–Crippen MR) is 97.9 cm³/mol. The van der Waals surface area contributed by atoms with E-state index < -0.39 is 0 Å². The summed E-state index contributed by atoms with van der Waals surface area (Å²) in [4.78, 5) is 37.3. The normalized spacial score (nSPS) is 11.1. The van der Waals surface area contributed by atoms with Gasteiger partial charge in [0.15, 0.2) is 0 Å². The van der Waals surface area contributed by atoms with Crippen LogP contribution in [0.15, 0.2) is 35.5 Å². The quantitative estimate of drug-likeness (QED) is 0.752. The third kappa shape index (κ3) is 3.58. The molecular weight excluding hydrogens is 332 g/mol. The minimum absolute atomic E-state index is 0.197. The molecule has 0 atom stereocenters. The van der Waals surface area contributed by atoms with Crippen molar-refractivity contribution in [1.29, 1.82) is 0 Å². The van der Waals surface area contributed by atoms with E-state index in [0.717, 1.165) is 5.69 Å². The number of pyridine rings is 1. The molecule has 0 saturated heterocycles. The van der Waals surface area contributed by atoms with Gasteiger partial charge in [-0.25, -0.2) is 14.6 Å². The maximum Gasteiger partial charge on any atom is 0.276 e. The molecule has 1 amide bonds. The van der Waals surface area contributed by atoms with Gasteiger partial charge in [0.1, 0.15) is 18.7 Å². The fourth-order valence-corrected chi connectivity index (χ4v) is 2.59. The highest BCUT2D eigenvalue weighted by molar-refractivity contribution is 5.89. The minimum Gasteiger partial charge on any atom is -0.309 e. The van der Waals surface area contributed by atoms with Crippen molar-refractivity contribution in [3.8, 4) is 0 Å². The Bertz CT molecular complexity index is 998. The molecule has 0 aromatic carbocycles. The first-order valence-corrected chi connectivity index (χ1v) is 8.46. The van der Waals surface area contributed by atoms with Crippen LogP contribution >= 0.6 is 0 Å². The van der Waals surface area contributed by atoms with Crippen LogP contribution in [0.3, 0.4) is 0 Å². The highest BCUT2D eigenvalue weighted by Gasteiger charge is 2.15. The molecule has 0 spiro atoms. The minimum atomic E-state index is -0.383. The van der Waals surface area contributed by atoms with Gasteiger partial charge in [-0.1, -0.05) is 20.8 Å². The Hall–Kier alpha value is -3.16. The summed E-state index contributed by atoms with van der Waals surface area (Å²) in [6.07, 6.45) is 3.47. The lowest BCUT2D eigenvalue weighted by atomic mass is 10.1. The van der Waals surface area contributed by atoms with Crippen LogP contribution in [0.4, 0.5) is 5.82 Å². The number of aryl methyl sites for hydroxylation is 1. The first-order valence-electron chi connectivity index (χ1n) is 8.46. The summed E-state index contributed by atoms with van der Waals surface area (Å²) >= 11 is 0. The molecule has 0 fully saturated rings. The number of hydrogen-bond acceptors (Lipinski definition) is 6. The van der Waals surface area contributed by atoms with E-state index in [-0.39, 0.29) is 23.9 Å². The number of carbonyl (C=O) groups excluding carboxylic acids is 1. The van der Waals surface area contributed by atoms with Crippen LogP contribution in [0.1, 0.15) is 38.1 Å². The summed E-state index contributed by atoms with van der Waals surface area (Å²) in [5.41, 5.74) is 1.87. The molecule has 3 aromatic heterocycles. The molecular formula is C18H20N6O2. The Morgan fingerprint density at radius 3 is 2.73 bits per heavy atom. The number of hydrogen-bond donors (Lipinski definition) is 1. The number of rotatable bonds is 5. The van der Waals surface area contributed by atoms with Crippen molar-refractivity contribution in [2.45, 2.75) is 39.7 Å². The largest absolute Gasteiger partial charge is 0.309 e. The second kappa shape index (κ2) is 7.38. The maximum atomic E-state index is 12.7. The lowest BCUT2D eigenvalue weighted by molar-refractivity contribution is -0.117. The molecule has 0 radical (unpaired) electrons. The fourth-order valence-electron chi connectivity index (χ4n) is 2.59. The van der Waals surface area contributed by atoms with Crippen LogP contribution in [0.5, 0.6) is 0 Å². The Balaban J connectivity index is 1.96. The molecule has 0 saturated carbocycles. The molecule has 3 aromatic rings. The van der Waals surface area contributed by atoms with Crippen LogP contribution in [-0.4, -0.2) is 30.6 Å². The van der Waals surface area contributed by atoms with Crippen LogP contribution in [0, 0.1) is 0 Å². The third-order valence-electron chi connectivity index (χ3n) is 3.97. The van der Waals surface area contributed by atoms with E-state index in [2.05, 4.69) is 25.4 Å². The predicted octanol–water partition coefficient (Wildman–Crippen LogP) is 1.91. The van der Waals surface area contributed by atoms with E-state index in [9.17, 15) is 9.59 Å². The summed E-state index contributed by atoms with van der Waals surface area (Å²) in [7, 11) is 0. The summed E-state index contributed by atoms with van der Waals surface area (Å²) in [6.45, 7) is 5.84. The van der Waals surface area contributed by atoms with Gasteiger partial charge in [0.05, 0.1) is 16.6 Å². The fraction of sp³-hybridized carbons (Fsp3) is 0.333. The number of carbonyl (C=O) groups is 1. The molecule has 0 unspecified atom stereocenters. The Labute approximate surface area is 150 Å². The SMILES string of the molecule is CCc1nn(CC(=O)Nc2ccncn2)c(=O)c2ccc(C(C)C)nc12. The van der Waals surface area contributed by atoms with E-state index in [1.165, 1.54) is 17.2 Å². The number of nitrogens with one attached hydrogen (secondary N) is 1. The van der Waals surface area contributed by atoms with Crippen molar-refractivity contribution in [1.82, 2.24) is 24.7 Å². The van der Waals surface area contributed by atoms with Crippen molar-refractivity contribution in [2.75, 3.05) is 5.32 Å². The Morgan fingerprint density at radius 1 is 1.27 bits per heavy atom. The lowest BCUT2D eigenvalue weighted by Gasteiger charge is -2.11. The molecule has 1 N–H and O–H groups in total. The van der Waals surface area contributed by atoms with Crippen molar-refractivity contribution in [2.24, 2.45) is 0 Å². The summed E-state index contributed by atoms with van der Waals surface area (Å²) in [5, 5.41) is 7.44. The van der Waals surface area contributed by atoms with Gasteiger partial charge in [0, 0.05) is 11.9 Å². The summed E-state index contributed by atoms with van der Waals surface area (Å²) < 4.78 is 1.18. The second-order valence-electron chi connectivity index (χ2n) is 6.19. The molecule has 26 heavy (non-hydrogen) atoms. The number of nitrogens with zero attached hydrogens (tertiary/aromatic N) is 5. The zero-order valence-corrected chi connectivity index (χ0v) is 14.9. The van der Waals surface area contributed by atoms with Crippen molar-refractivity contribution in [3.05, 3.63) is 52.5 Å². The highest BCUT2D eigenvalue weighted by Crippen LogP contribution is 2.17. The highest BCUT2D eigenvalue weighted by atomic mass is 16.2. The number of anilines is 1. The molecule has 134 valence electrons. The van der Waals surface area contributed by atoms with Gasteiger partial charge in [0.2, 0.25) is 5.91 Å². The molecule has 8 nitrogen and oxygen atoms in total. The maximum absolute atomic E-state index is 12.7. The summed E-state index contributed by atoms with van der Waals surface area (Å²) in [5.74, 6) is 0.245. The van der Waals surface area contributed by atoms with Crippen molar-refractivity contribution < 1.29 is 4.79 Å². The number of amides is 1. The molecule has 0 aliphatic rings.